The fourth-order valence-electron chi connectivity index (χ4n) is 6.16. The molecular formula is C37H44N6O7S2. The van der Waals surface area contributed by atoms with Crippen molar-refractivity contribution in [1.29, 1.82) is 0 Å². The van der Waals surface area contributed by atoms with Gasteiger partial charge >= 0.3 is 0 Å². The van der Waals surface area contributed by atoms with Crippen LogP contribution >= 0.6 is 0 Å². The molecule has 276 valence electrons. The summed E-state index contributed by atoms with van der Waals surface area (Å²) in [5.41, 5.74) is 4.84. The van der Waals surface area contributed by atoms with E-state index in [-0.39, 0.29) is 10.8 Å². The number of hydrogen-bond acceptors (Lipinski definition) is 9. The Labute approximate surface area is 306 Å². The van der Waals surface area contributed by atoms with E-state index in [1.807, 2.05) is 36.4 Å². The van der Waals surface area contributed by atoms with Gasteiger partial charge in [0.25, 0.3) is 26.1 Å². The molecular weight excluding hydrogens is 705 g/mol. The first kappa shape index (κ1) is 37.3. The summed E-state index contributed by atoms with van der Waals surface area (Å²) >= 11 is 0. The summed E-state index contributed by atoms with van der Waals surface area (Å²) in [7, 11) is -2.73. The van der Waals surface area contributed by atoms with E-state index in [1.165, 1.54) is 35.9 Å². The molecule has 1 amide bonds. The highest BCUT2D eigenvalue weighted by Gasteiger charge is 2.28. The monoisotopic (exact) mass is 748 g/mol. The smallest absolute Gasteiger partial charge is 0.281 e. The summed E-state index contributed by atoms with van der Waals surface area (Å²) < 4.78 is 68.0. The van der Waals surface area contributed by atoms with Crippen LogP contribution < -0.4 is 19.7 Å². The SMILES string of the molecule is COc1ccc(S(=O)(=O)Nc2ccc(N3CCOCC3)cc2)cc1-c1ccc(C(=O)Nc2ccc(CN3CCN(S(=O)(=O)N(C)C)CC3)cc2)cc1. The maximum Gasteiger partial charge on any atom is 0.281 e. The Hall–Kier alpha value is -4.51. The van der Waals surface area contributed by atoms with Crippen LogP contribution in [0.5, 0.6) is 5.75 Å². The number of hydrogen-bond donors (Lipinski definition) is 2. The first-order chi connectivity index (χ1) is 24.9. The van der Waals surface area contributed by atoms with E-state index in [1.54, 1.807) is 48.5 Å². The minimum atomic E-state index is -3.92. The number of nitrogens with zero attached hydrogens (tertiary/aromatic N) is 4. The lowest BCUT2D eigenvalue weighted by molar-refractivity contribution is 0.102. The van der Waals surface area contributed by atoms with E-state index >= 15 is 0 Å². The van der Waals surface area contributed by atoms with Crippen LogP contribution in [0.25, 0.3) is 11.1 Å². The quantitative estimate of drug-likeness (QED) is 0.219. The van der Waals surface area contributed by atoms with Crippen LogP contribution in [0.4, 0.5) is 17.1 Å². The Bertz CT molecular complexity index is 2060. The van der Waals surface area contributed by atoms with Gasteiger partial charge in [-0.2, -0.15) is 17.0 Å². The summed E-state index contributed by atoms with van der Waals surface area (Å²) in [6, 6.07) is 26.4. The van der Waals surface area contributed by atoms with E-state index in [2.05, 4.69) is 19.8 Å². The van der Waals surface area contributed by atoms with Crippen LogP contribution in [0.1, 0.15) is 15.9 Å². The number of carbonyl (C=O) groups excluding carboxylic acids is 1. The largest absolute Gasteiger partial charge is 0.496 e. The first-order valence-corrected chi connectivity index (χ1v) is 19.9. The van der Waals surface area contributed by atoms with Gasteiger partial charge in [-0.1, -0.05) is 24.3 Å². The van der Waals surface area contributed by atoms with Crippen LogP contribution in [0.3, 0.4) is 0 Å². The lowest BCUT2D eigenvalue weighted by atomic mass is 10.0. The summed E-state index contributed by atoms with van der Waals surface area (Å²) in [6.45, 7) is 5.72. The van der Waals surface area contributed by atoms with Gasteiger partial charge in [-0.25, -0.2) is 8.42 Å². The molecule has 13 nitrogen and oxygen atoms in total. The van der Waals surface area contributed by atoms with Gasteiger partial charge in [-0.15, -0.1) is 0 Å². The second kappa shape index (κ2) is 16.0. The van der Waals surface area contributed by atoms with Crippen molar-refractivity contribution in [2.45, 2.75) is 11.4 Å². The van der Waals surface area contributed by atoms with Gasteiger partial charge in [-0.05, 0) is 77.9 Å². The summed E-state index contributed by atoms with van der Waals surface area (Å²) in [5, 5.41) is 2.93. The molecule has 0 bridgehead atoms. The average Bonchev–Trinajstić information content (AvgIpc) is 3.16. The molecule has 52 heavy (non-hydrogen) atoms. The highest BCUT2D eigenvalue weighted by molar-refractivity contribution is 7.92. The third kappa shape index (κ3) is 8.74. The van der Waals surface area contributed by atoms with Crippen LogP contribution in [0.15, 0.2) is 95.9 Å². The Morgan fingerprint density at radius 2 is 1.42 bits per heavy atom. The van der Waals surface area contributed by atoms with Gasteiger partial charge in [0, 0.05) is 88.1 Å². The van der Waals surface area contributed by atoms with Crippen molar-refractivity contribution in [3.8, 4) is 16.9 Å². The first-order valence-electron chi connectivity index (χ1n) is 17.0. The Morgan fingerprint density at radius 3 is 2.04 bits per heavy atom. The van der Waals surface area contributed by atoms with Crippen molar-refractivity contribution < 1.29 is 31.1 Å². The van der Waals surface area contributed by atoms with Crippen LogP contribution in [-0.2, 0) is 31.5 Å². The lowest BCUT2D eigenvalue weighted by Crippen LogP contribution is -2.51. The Balaban J connectivity index is 1.07. The number of amides is 1. The van der Waals surface area contributed by atoms with E-state index in [4.69, 9.17) is 9.47 Å². The zero-order valence-corrected chi connectivity index (χ0v) is 31.1. The number of morpholine rings is 1. The molecule has 4 aromatic carbocycles. The molecule has 0 spiro atoms. The minimum Gasteiger partial charge on any atom is -0.496 e. The fraction of sp³-hybridized carbons (Fsp3) is 0.324. The van der Waals surface area contributed by atoms with Gasteiger partial charge in [0.05, 0.1) is 25.2 Å². The molecule has 0 unspecified atom stereocenters. The molecule has 2 aliphatic rings. The highest BCUT2D eigenvalue weighted by Crippen LogP contribution is 2.33. The predicted octanol–water partition coefficient (Wildman–Crippen LogP) is 4.18. The van der Waals surface area contributed by atoms with E-state index < -0.39 is 20.2 Å². The Kier molecular flexibility index (Phi) is 11.5. The third-order valence-electron chi connectivity index (χ3n) is 9.17. The third-order valence-corrected chi connectivity index (χ3v) is 12.5. The summed E-state index contributed by atoms with van der Waals surface area (Å²) in [4.78, 5) is 17.6. The molecule has 2 N–H and O–H groups in total. The number of rotatable bonds is 12. The molecule has 0 aliphatic carbocycles. The van der Waals surface area contributed by atoms with Gasteiger partial charge in [0.2, 0.25) is 0 Å². The lowest BCUT2D eigenvalue weighted by Gasteiger charge is -2.35. The summed E-state index contributed by atoms with van der Waals surface area (Å²) in [6.07, 6.45) is 0. The van der Waals surface area contributed by atoms with Gasteiger partial charge in [-0.3, -0.25) is 14.4 Å². The molecule has 0 aromatic heterocycles. The standard InChI is InChI=1S/C37H44N6O7S2/c1-40(2)52(47,48)43-20-18-41(19-21-43)27-28-4-10-31(11-5-28)38-37(44)30-8-6-29(7-9-30)35-26-34(16-17-36(35)49-3)51(45,46)39-32-12-14-33(15-13-32)42-22-24-50-25-23-42/h4-17,26,39H,18-25,27H2,1-3H3,(H,38,44). The molecule has 6 rings (SSSR count). The molecule has 4 aromatic rings. The average molecular weight is 749 g/mol. The molecule has 2 aliphatic heterocycles. The maximum atomic E-state index is 13.4. The van der Waals surface area contributed by atoms with Crippen molar-refractivity contribution in [1.82, 2.24) is 13.5 Å². The number of methoxy groups -OCH3 is 1. The zero-order valence-electron chi connectivity index (χ0n) is 29.5. The van der Waals surface area contributed by atoms with Gasteiger partial charge < -0.3 is 19.7 Å². The summed E-state index contributed by atoms with van der Waals surface area (Å²) in [5.74, 6) is 0.205. The van der Waals surface area contributed by atoms with Gasteiger partial charge in [0.1, 0.15) is 5.75 Å². The number of anilines is 3. The molecule has 15 heteroatoms. The number of ether oxygens (including phenoxy) is 2. The molecule has 2 saturated heterocycles. The fourth-order valence-corrected chi connectivity index (χ4v) is 8.33. The predicted molar refractivity (Wildman–Crippen MR) is 203 cm³/mol. The Morgan fingerprint density at radius 1 is 0.788 bits per heavy atom. The van der Waals surface area contributed by atoms with Crippen LogP contribution in [0, 0.1) is 0 Å². The highest BCUT2D eigenvalue weighted by atomic mass is 32.2. The second-order valence-electron chi connectivity index (χ2n) is 12.8. The normalized spacial score (nSPS) is 16.1. The van der Waals surface area contributed by atoms with E-state index in [0.29, 0.717) is 79.8 Å². The van der Waals surface area contributed by atoms with E-state index in [9.17, 15) is 21.6 Å². The molecule has 2 fully saturated rings. The number of piperazine rings is 1. The number of benzene rings is 4. The van der Waals surface area contributed by atoms with Crippen LogP contribution in [0.2, 0.25) is 0 Å². The van der Waals surface area contributed by atoms with E-state index in [0.717, 1.165) is 24.3 Å². The van der Waals surface area contributed by atoms with Crippen LogP contribution in [-0.4, -0.2) is 110 Å². The molecule has 0 saturated carbocycles. The second-order valence-corrected chi connectivity index (χ2v) is 16.6. The van der Waals surface area contributed by atoms with Gasteiger partial charge in [0.15, 0.2) is 0 Å². The minimum absolute atomic E-state index is 0.0744. The van der Waals surface area contributed by atoms with Crippen molar-refractivity contribution in [3.05, 3.63) is 102 Å². The zero-order chi connectivity index (χ0) is 36.9. The van der Waals surface area contributed by atoms with Crippen molar-refractivity contribution in [2.75, 3.05) is 88.6 Å². The molecule has 0 radical (unpaired) electrons. The number of carbonyl (C=O) groups is 1. The maximum absolute atomic E-state index is 13.4. The molecule has 2 heterocycles. The van der Waals surface area contributed by atoms with Crippen molar-refractivity contribution in [3.63, 3.8) is 0 Å². The number of sulfonamides is 1. The molecule has 0 atom stereocenters. The number of nitrogens with one attached hydrogen (secondary N) is 2. The van der Waals surface area contributed by atoms with Crippen molar-refractivity contribution >= 4 is 43.2 Å². The topological polar surface area (TPSA) is 141 Å². The van der Waals surface area contributed by atoms with Crippen molar-refractivity contribution in [2.24, 2.45) is 0 Å².